The Kier molecular flexibility index (Phi) is 5.54. The summed E-state index contributed by atoms with van der Waals surface area (Å²) in [5.74, 6) is -3.85. The highest BCUT2D eigenvalue weighted by Gasteiger charge is 2.18. The van der Waals surface area contributed by atoms with Crippen LogP contribution in [0.15, 0.2) is 140 Å². The first-order chi connectivity index (χ1) is 22.0. The lowest BCUT2D eigenvalue weighted by Crippen LogP contribution is -1.93. The maximum absolute atomic E-state index is 14.2. The van der Waals surface area contributed by atoms with Crippen molar-refractivity contribution in [2.75, 3.05) is 0 Å². The smallest absolute Gasteiger partial charge is 0.194 e. The second kappa shape index (κ2) is 9.67. The van der Waals surface area contributed by atoms with Gasteiger partial charge in [-0.2, -0.15) is 0 Å². The lowest BCUT2D eigenvalue weighted by Gasteiger charge is -2.17. The van der Waals surface area contributed by atoms with Gasteiger partial charge in [-0.05, 0) is 105 Å². The van der Waals surface area contributed by atoms with Crippen LogP contribution in [0.1, 0.15) is 0 Å². The topological polar surface area (TPSA) is 0 Å². The number of hydrogen-bond donors (Lipinski definition) is 0. The molecule has 0 radical (unpaired) electrons. The van der Waals surface area contributed by atoms with E-state index in [2.05, 4.69) is 103 Å². The molecule has 0 aliphatic heterocycles. The van der Waals surface area contributed by atoms with E-state index < -0.39 is 17.5 Å². The van der Waals surface area contributed by atoms with Crippen LogP contribution in [0, 0.1) is 17.5 Å². The van der Waals surface area contributed by atoms with E-state index in [1.54, 1.807) is 0 Å². The molecule has 9 aromatic rings. The lowest BCUT2D eigenvalue weighted by molar-refractivity contribution is 0.448. The summed E-state index contributed by atoms with van der Waals surface area (Å²) < 4.78 is 42.3. The van der Waals surface area contributed by atoms with E-state index in [0.717, 1.165) is 61.1 Å². The van der Waals surface area contributed by atoms with Crippen LogP contribution in [0.5, 0.6) is 0 Å². The van der Waals surface area contributed by atoms with Gasteiger partial charge in [0.1, 0.15) is 0 Å². The first kappa shape index (κ1) is 25.8. The second-order valence-electron chi connectivity index (χ2n) is 11.7. The SMILES string of the molecule is Fc1cc(-c2ccc3ccc4c(-c5ccc(-c6c7ccccc7cc7ccccc67)cc5)ccc5ccc2c3c54)cc(F)c1F. The Morgan fingerprint density at radius 3 is 1.36 bits per heavy atom. The fourth-order valence-corrected chi connectivity index (χ4v) is 7.16. The molecule has 0 nitrogen and oxygen atoms in total. The fraction of sp³-hybridized carbons (Fsp3) is 0. The van der Waals surface area contributed by atoms with E-state index in [0.29, 0.717) is 11.1 Å². The van der Waals surface area contributed by atoms with Gasteiger partial charge in [-0.3, -0.25) is 0 Å². The largest absolute Gasteiger partial charge is 0.204 e. The van der Waals surface area contributed by atoms with Crippen LogP contribution in [0.3, 0.4) is 0 Å². The summed E-state index contributed by atoms with van der Waals surface area (Å²) in [5, 5.41) is 11.1. The van der Waals surface area contributed by atoms with Gasteiger partial charge < -0.3 is 0 Å². The zero-order valence-corrected chi connectivity index (χ0v) is 23.9. The average Bonchev–Trinajstić information content (AvgIpc) is 3.08. The Bertz CT molecular complexity index is 2540. The molecule has 0 aliphatic rings. The molecule has 0 atom stereocenters. The zero-order valence-electron chi connectivity index (χ0n) is 23.9. The third-order valence-electron chi connectivity index (χ3n) is 9.22. The number of hydrogen-bond acceptors (Lipinski definition) is 0. The lowest BCUT2D eigenvalue weighted by atomic mass is 9.86. The summed E-state index contributed by atoms with van der Waals surface area (Å²) in [6, 6.07) is 46.6. The highest BCUT2D eigenvalue weighted by Crippen LogP contribution is 2.43. The van der Waals surface area contributed by atoms with Crippen molar-refractivity contribution in [3.8, 4) is 33.4 Å². The van der Waals surface area contributed by atoms with Crippen molar-refractivity contribution in [3.05, 3.63) is 157 Å². The van der Waals surface area contributed by atoms with E-state index >= 15 is 0 Å². The van der Waals surface area contributed by atoms with E-state index in [4.69, 9.17) is 0 Å². The van der Waals surface area contributed by atoms with Gasteiger partial charge in [0.15, 0.2) is 17.5 Å². The Labute approximate surface area is 256 Å². The van der Waals surface area contributed by atoms with Gasteiger partial charge in [0.05, 0.1) is 0 Å². The van der Waals surface area contributed by atoms with Crippen molar-refractivity contribution < 1.29 is 13.2 Å². The van der Waals surface area contributed by atoms with Gasteiger partial charge in [0.2, 0.25) is 0 Å². The maximum Gasteiger partial charge on any atom is 0.194 e. The Balaban J connectivity index is 1.23. The molecule has 0 fully saturated rings. The molecule has 0 amide bonds. The number of benzene rings is 9. The quantitative estimate of drug-likeness (QED) is 0.110. The van der Waals surface area contributed by atoms with Crippen molar-refractivity contribution in [1.82, 2.24) is 0 Å². The van der Waals surface area contributed by atoms with E-state index in [1.807, 2.05) is 24.3 Å². The third kappa shape index (κ3) is 3.87. The van der Waals surface area contributed by atoms with Crippen LogP contribution < -0.4 is 0 Å². The molecule has 0 aromatic heterocycles. The highest BCUT2D eigenvalue weighted by molar-refractivity contribution is 6.27. The molecule has 0 spiro atoms. The standard InChI is InChI=1S/C42H23F3/c43-37-22-30(23-38(44)42(37)45)32-18-14-27-15-19-35-31(17-13-26-16-20-36(32)41(27)40(26)35)24-9-11-25(12-10-24)39-33-7-3-1-5-28(33)21-29-6-2-4-8-34(29)39/h1-23H. The number of halogens is 3. The molecule has 0 heterocycles. The van der Waals surface area contributed by atoms with Gasteiger partial charge in [0.25, 0.3) is 0 Å². The Hall–Kier alpha value is -5.67. The third-order valence-corrected chi connectivity index (χ3v) is 9.22. The molecule has 9 aromatic carbocycles. The molecule has 0 bridgehead atoms. The molecule has 212 valence electrons. The molecule has 3 heteroatoms. The molecule has 0 aliphatic carbocycles. The van der Waals surface area contributed by atoms with Crippen LogP contribution in [0.4, 0.5) is 13.2 Å². The van der Waals surface area contributed by atoms with Crippen molar-refractivity contribution in [2.24, 2.45) is 0 Å². The first-order valence-corrected chi connectivity index (χ1v) is 14.9. The van der Waals surface area contributed by atoms with Crippen molar-refractivity contribution >= 4 is 53.9 Å². The highest BCUT2D eigenvalue weighted by atomic mass is 19.2. The maximum atomic E-state index is 14.2. The molecule has 45 heavy (non-hydrogen) atoms. The van der Waals surface area contributed by atoms with Crippen molar-refractivity contribution in [2.45, 2.75) is 0 Å². The Morgan fingerprint density at radius 1 is 0.333 bits per heavy atom. The summed E-state index contributed by atoms with van der Waals surface area (Å²) in [4.78, 5) is 0. The molecule has 9 rings (SSSR count). The number of fused-ring (bicyclic) bond motifs is 2. The van der Waals surface area contributed by atoms with Crippen molar-refractivity contribution in [1.29, 1.82) is 0 Å². The monoisotopic (exact) mass is 584 g/mol. The van der Waals surface area contributed by atoms with Gasteiger partial charge >= 0.3 is 0 Å². The minimum Gasteiger partial charge on any atom is -0.204 e. The summed E-state index contributed by atoms with van der Waals surface area (Å²) in [5.41, 5.74) is 5.56. The van der Waals surface area contributed by atoms with Crippen LogP contribution in [0.2, 0.25) is 0 Å². The number of rotatable bonds is 3. The predicted molar refractivity (Wildman–Crippen MR) is 181 cm³/mol. The normalized spacial score (nSPS) is 11.9. The minimum absolute atomic E-state index is 0.307. The minimum atomic E-state index is -1.46. The fourth-order valence-electron chi connectivity index (χ4n) is 7.16. The Morgan fingerprint density at radius 2 is 0.800 bits per heavy atom. The summed E-state index contributed by atoms with van der Waals surface area (Å²) in [6.07, 6.45) is 0. The van der Waals surface area contributed by atoms with Gasteiger partial charge in [-0.15, -0.1) is 0 Å². The predicted octanol–water partition coefficient (Wildman–Crippen LogP) is 12.3. The molecule has 0 unspecified atom stereocenters. The molecule has 0 N–H and O–H groups in total. The van der Waals surface area contributed by atoms with E-state index in [-0.39, 0.29) is 0 Å². The summed E-state index contributed by atoms with van der Waals surface area (Å²) in [7, 11) is 0. The second-order valence-corrected chi connectivity index (χ2v) is 11.7. The summed E-state index contributed by atoms with van der Waals surface area (Å²) >= 11 is 0. The van der Waals surface area contributed by atoms with Crippen LogP contribution in [-0.4, -0.2) is 0 Å². The average molecular weight is 585 g/mol. The van der Waals surface area contributed by atoms with Crippen LogP contribution in [0.25, 0.3) is 87.2 Å². The van der Waals surface area contributed by atoms with Crippen molar-refractivity contribution in [3.63, 3.8) is 0 Å². The zero-order chi connectivity index (χ0) is 30.2. The van der Waals surface area contributed by atoms with E-state index in [1.165, 1.54) is 27.1 Å². The molecule has 0 saturated heterocycles. The van der Waals surface area contributed by atoms with Crippen LogP contribution in [-0.2, 0) is 0 Å². The summed E-state index contributed by atoms with van der Waals surface area (Å²) in [6.45, 7) is 0. The van der Waals surface area contributed by atoms with Gasteiger partial charge in [-0.25, -0.2) is 13.2 Å². The van der Waals surface area contributed by atoms with Crippen LogP contribution >= 0.6 is 0 Å². The first-order valence-electron chi connectivity index (χ1n) is 14.9. The van der Waals surface area contributed by atoms with E-state index in [9.17, 15) is 13.2 Å². The molecular weight excluding hydrogens is 561 g/mol. The van der Waals surface area contributed by atoms with Gasteiger partial charge in [0, 0.05) is 0 Å². The molecular formula is C42H23F3. The van der Waals surface area contributed by atoms with Gasteiger partial charge in [-0.1, -0.05) is 121 Å². The molecule has 0 saturated carbocycles.